The number of hydrogen-bond acceptors (Lipinski definition) is 3. The minimum Gasteiger partial charge on any atom is -0.329 e. The maximum atomic E-state index is 11.9. The normalized spacial score (nSPS) is 22.4. The van der Waals surface area contributed by atoms with Gasteiger partial charge in [0.2, 0.25) is 5.91 Å². The molecule has 0 radical (unpaired) electrons. The van der Waals surface area contributed by atoms with Crippen molar-refractivity contribution in [3.63, 3.8) is 0 Å². The smallest absolute Gasteiger partial charge is 0.225 e. The predicted molar refractivity (Wildman–Crippen MR) is 89.8 cm³/mol. The number of carbonyl (C=O) groups excluding carboxylic acids is 1. The Kier molecular flexibility index (Phi) is 7.72. The fourth-order valence-electron chi connectivity index (χ4n) is 2.83. The zero-order chi connectivity index (χ0) is 14.4. The van der Waals surface area contributed by atoms with E-state index in [0.717, 1.165) is 31.1 Å². The molecule has 1 heterocycles. The molecule has 5 heteroatoms. The third-order valence-corrected chi connectivity index (χ3v) is 4.06. The van der Waals surface area contributed by atoms with Crippen molar-refractivity contribution in [3.8, 4) is 0 Å². The summed E-state index contributed by atoms with van der Waals surface area (Å²) in [5, 5.41) is 2.93. The summed E-state index contributed by atoms with van der Waals surface area (Å²) in [6, 6.07) is 10.0. The second-order valence-electron chi connectivity index (χ2n) is 5.72. The van der Waals surface area contributed by atoms with E-state index in [0.29, 0.717) is 19.0 Å². The summed E-state index contributed by atoms with van der Waals surface area (Å²) in [4.78, 5) is 14.3. The van der Waals surface area contributed by atoms with Gasteiger partial charge < -0.3 is 11.1 Å². The van der Waals surface area contributed by atoms with Crippen LogP contribution < -0.4 is 11.1 Å². The van der Waals surface area contributed by atoms with Gasteiger partial charge in [-0.3, -0.25) is 9.69 Å². The molecule has 1 saturated heterocycles. The highest BCUT2D eigenvalue weighted by Crippen LogP contribution is 2.21. The number of nitrogens with two attached hydrogens (primary N) is 1. The molecular weight excluding hydrogens is 286 g/mol. The zero-order valence-electron chi connectivity index (χ0n) is 12.6. The molecular formula is C16H26ClN3O. The first-order chi connectivity index (χ1) is 9.69. The fraction of sp³-hybridized carbons (Fsp3) is 0.562. The molecule has 1 aliphatic heterocycles. The van der Waals surface area contributed by atoms with Gasteiger partial charge in [0, 0.05) is 31.2 Å². The first kappa shape index (κ1) is 18.0. The van der Waals surface area contributed by atoms with Gasteiger partial charge in [0.15, 0.2) is 0 Å². The van der Waals surface area contributed by atoms with Gasteiger partial charge >= 0.3 is 0 Å². The Balaban J connectivity index is 0.00000220. The lowest BCUT2D eigenvalue weighted by Gasteiger charge is -2.37. The van der Waals surface area contributed by atoms with E-state index in [9.17, 15) is 4.79 Å². The quantitative estimate of drug-likeness (QED) is 0.878. The molecule has 1 aliphatic rings. The number of benzene rings is 1. The summed E-state index contributed by atoms with van der Waals surface area (Å²) in [5.74, 6) is 0.823. The molecule has 0 aliphatic carbocycles. The number of anilines is 1. The van der Waals surface area contributed by atoms with Crippen LogP contribution in [0.3, 0.4) is 0 Å². The van der Waals surface area contributed by atoms with E-state index in [-0.39, 0.29) is 18.3 Å². The van der Waals surface area contributed by atoms with E-state index in [1.54, 1.807) is 0 Å². The first-order valence-corrected chi connectivity index (χ1v) is 7.48. The van der Waals surface area contributed by atoms with Gasteiger partial charge in [-0.2, -0.15) is 0 Å². The Labute approximate surface area is 133 Å². The highest BCUT2D eigenvalue weighted by molar-refractivity contribution is 5.90. The summed E-state index contributed by atoms with van der Waals surface area (Å²) in [5.41, 5.74) is 6.70. The standard InChI is InChI=1S/C16H25N3O.ClH/c1-13-7-9-19(15(11-13)12-17)10-8-16(20)18-14-5-3-2-4-6-14;/h2-6,13,15H,7-12,17H2,1H3,(H,18,20);1H. The number of piperidine rings is 1. The van der Waals surface area contributed by atoms with Gasteiger partial charge in [-0.25, -0.2) is 0 Å². The lowest BCUT2D eigenvalue weighted by Crippen LogP contribution is -2.47. The molecule has 1 fully saturated rings. The fourth-order valence-corrected chi connectivity index (χ4v) is 2.83. The number of amides is 1. The number of halogens is 1. The van der Waals surface area contributed by atoms with Crippen molar-refractivity contribution in [1.82, 2.24) is 4.90 Å². The van der Waals surface area contributed by atoms with Crippen LogP contribution in [0.25, 0.3) is 0 Å². The zero-order valence-corrected chi connectivity index (χ0v) is 13.4. The van der Waals surface area contributed by atoms with Crippen molar-refractivity contribution < 1.29 is 4.79 Å². The van der Waals surface area contributed by atoms with Crippen LogP contribution in [0.2, 0.25) is 0 Å². The number of nitrogens with zero attached hydrogens (tertiary/aromatic N) is 1. The molecule has 0 saturated carbocycles. The number of likely N-dealkylation sites (tertiary alicyclic amines) is 1. The van der Waals surface area contributed by atoms with Gasteiger partial charge in [0.1, 0.15) is 0 Å². The Morgan fingerprint density at radius 3 is 2.76 bits per heavy atom. The molecule has 0 spiro atoms. The SMILES string of the molecule is CC1CCN(CCC(=O)Nc2ccccc2)C(CN)C1.Cl. The molecule has 4 nitrogen and oxygen atoms in total. The van der Waals surface area contributed by atoms with Crippen molar-refractivity contribution in [2.75, 3.05) is 25.0 Å². The molecule has 1 aromatic carbocycles. The van der Waals surface area contributed by atoms with Crippen LogP contribution in [-0.4, -0.2) is 36.5 Å². The lowest BCUT2D eigenvalue weighted by molar-refractivity contribution is -0.116. The summed E-state index contributed by atoms with van der Waals surface area (Å²) in [6.45, 7) is 4.82. The summed E-state index contributed by atoms with van der Waals surface area (Å²) in [6.07, 6.45) is 2.88. The molecule has 2 atom stereocenters. The van der Waals surface area contributed by atoms with Gasteiger partial charge in [-0.1, -0.05) is 25.1 Å². The molecule has 118 valence electrons. The second kappa shape index (κ2) is 9.03. The van der Waals surface area contributed by atoms with Crippen LogP contribution in [0.15, 0.2) is 30.3 Å². The van der Waals surface area contributed by atoms with Crippen molar-refractivity contribution in [1.29, 1.82) is 0 Å². The van der Waals surface area contributed by atoms with Crippen LogP contribution in [0.1, 0.15) is 26.2 Å². The van der Waals surface area contributed by atoms with Crippen LogP contribution in [0.4, 0.5) is 5.69 Å². The molecule has 1 amide bonds. The number of para-hydroxylation sites is 1. The Bertz CT molecular complexity index is 427. The first-order valence-electron chi connectivity index (χ1n) is 7.48. The summed E-state index contributed by atoms with van der Waals surface area (Å²) < 4.78 is 0. The Morgan fingerprint density at radius 2 is 2.10 bits per heavy atom. The number of carbonyl (C=O) groups is 1. The van der Waals surface area contributed by atoms with Crippen molar-refractivity contribution in [2.24, 2.45) is 11.7 Å². The maximum Gasteiger partial charge on any atom is 0.225 e. The molecule has 3 N–H and O–H groups in total. The van der Waals surface area contributed by atoms with Gasteiger partial charge in [0.25, 0.3) is 0 Å². The predicted octanol–water partition coefficient (Wildman–Crippen LogP) is 2.50. The maximum absolute atomic E-state index is 11.9. The topological polar surface area (TPSA) is 58.4 Å². The van der Waals surface area contributed by atoms with E-state index in [4.69, 9.17) is 5.73 Å². The van der Waals surface area contributed by atoms with Crippen LogP contribution in [0, 0.1) is 5.92 Å². The average Bonchev–Trinajstić information content (AvgIpc) is 2.47. The third-order valence-electron chi connectivity index (χ3n) is 4.06. The van der Waals surface area contributed by atoms with E-state index < -0.39 is 0 Å². The van der Waals surface area contributed by atoms with Gasteiger partial charge in [-0.05, 0) is 37.4 Å². The van der Waals surface area contributed by atoms with Crippen molar-refractivity contribution >= 4 is 24.0 Å². The molecule has 21 heavy (non-hydrogen) atoms. The second-order valence-corrected chi connectivity index (χ2v) is 5.72. The largest absolute Gasteiger partial charge is 0.329 e. The minimum absolute atomic E-state index is 0. The molecule has 2 rings (SSSR count). The minimum atomic E-state index is 0. The highest BCUT2D eigenvalue weighted by atomic mass is 35.5. The Morgan fingerprint density at radius 1 is 1.38 bits per heavy atom. The molecule has 0 aromatic heterocycles. The monoisotopic (exact) mass is 311 g/mol. The van der Waals surface area contributed by atoms with E-state index in [1.165, 1.54) is 6.42 Å². The highest BCUT2D eigenvalue weighted by Gasteiger charge is 2.25. The number of nitrogens with one attached hydrogen (secondary N) is 1. The van der Waals surface area contributed by atoms with Crippen LogP contribution >= 0.6 is 12.4 Å². The van der Waals surface area contributed by atoms with Crippen LogP contribution in [0.5, 0.6) is 0 Å². The summed E-state index contributed by atoms with van der Waals surface area (Å²) in [7, 11) is 0. The molecule has 0 bridgehead atoms. The average molecular weight is 312 g/mol. The van der Waals surface area contributed by atoms with E-state index in [2.05, 4.69) is 17.1 Å². The number of rotatable bonds is 5. The lowest BCUT2D eigenvalue weighted by atomic mass is 9.92. The summed E-state index contributed by atoms with van der Waals surface area (Å²) >= 11 is 0. The van der Waals surface area contributed by atoms with Gasteiger partial charge in [0.05, 0.1) is 0 Å². The molecule has 1 aromatic rings. The van der Waals surface area contributed by atoms with Crippen molar-refractivity contribution in [3.05, 3.63) is 30.3 Å². The van der Waals surface area contributed by atoms with E-state index >= 15 is 0 Å². The van der Waals surface area contributed by atoms with Crippen LogP contribution in [-0.2, 0) is 4.79 Å². The number of hydrogen-bond donors (Lipinski definition) is 2. The molecule has 2 unspecified atom stereocenters. The van der Waals surface area contributed by atoms with Gasteiger partial charge in [-0.15, -0.1) is 12.4 Å². The van der Waals surface area contributed by atoms with Crippen molar-refractivity contribution in [2.45, 2.75) is 32.2 Å². The Hall–Kier alpha value is -1.10. The third kappa shape index (κ3) is 5.65. The van der Waals surface area contributed by atoms with E-state index in [1.807, 2.05) is 30.3 Å².